The minimum atomic E-state index is -0.341. The highest BCUT2D eigenvalue weighted by Gasteiger charge is 2.16. The third kappa shape index (κ3) is 4.52. The van der Waals surface area contributed by atoms with Gasteiger partial charge in [-0.15, -0.1) is 0 Å². The molecule has 1 amide bonds. The van der Waals surface area contributed by atoms with Gasteiger partial charge in [0, 0.05) is 36.2 Å². The smallest absolute Gasteiger partial charge is 0.220 e. The number of hydrogen-bond acceptors (Lipinski definition) is 2. The van der Waals surface area contributed by atoms with Gasteiger partial charge in [0.15, 0.2) is 0 Å². The highest BCUT2D eigenvalue weighted by Crippen LogP contribution is 2.32. The van der Waals surface area contributed by atoms with E-state index in [2.05, 4.69) is 10.3 Å². The Morgan fingerprint density at radius 1 is 1.15 bits per heavy atom. The van der Waals surface area contributed by atoms with E-state index in [1.54, 1.807) is 25.3 Å². The lowest BCUT2D eigenvalue weighted by molar-refractivity contribution is -0.122. The van der Waals surface area contributed by atoms with E-state index in [1.165, 1.54) is 24.3 Å². The molecule has 0 spiro atoms. The van der Waals surface area contributed by atoms with Gasteiger partial charge in [0.2, 0.25) is 5.91 Å². The van der Waals surface area contributed by atoms with Crippen LogP contribution in [0.15, 0.2) is 42.5 Å². The van der Waals surface area contributed by atoms with E-state index in [0.717, 1.165) is 27.7 Å². The Kier molecular flexibility index (Phi) is 5.86. The maximum absolute atomic E-state index is 13.8. The van der Waals surface area contributed by atoms with E-state index in [-0.39, 0.29) is 30.0 Å². The summed E-state index contributed by atoms with van der Waals surface area (Å²) in [6.45, 7) is 2.30. The first-order valence-electron chi connectivity index (χ1n) is 8.82. The Bertz CT molecular complexity index is 935. The summed E-state index contributed by atoms with van der Waals surface area (Å²) in [6, 6.07) is 10.5. The monoisotopic (exact) mass is 372 g/mol. The molecule has 0 fully saturated rings. The summed E-state index contributed by atoms with van der Waals surface area (Å²) in [4.78, 5) is 15.5. The molecule has 6 heteroatoms. The molecule has 0 saturated heterocycles. The summed E-state index contributed by atoms with van der Waals surface area (Å²) < 4.78 is 32.1. The number of carbonyl (C=O) groups is 1. The molecule has 142 valence electrons. The van der Waals surface area contributed by atoms with Crippen molar-refractivity contribution in [2.45, 2.75) is 25.8 Å². The summed E-state index contributed by atoms with van der Waals surface area (Å²) in [7, 11) is 1.58. The summed E-state index contributed by atoms with van der Waals surface area (Å²) in [6.07, 6.45) is 0.688. The van der Waals surface area contributed by atoms with Crippen LogP contribution in [-0.2, 0) is 16.0 Å². The number of nitrogens with one attached hydrogen (secondary N) is 2. The number of fused-ring (bicyclic) bond motifs is 1. The maximum Gasteiger partial charge on any atom is 0.220 e. The van der Waals surface area contributed by atoms with Crippen molar-refractivity contribution in [2.75, 3.05) is 13.7 Å². The number of benzene rings is 2. The van der Waals surface area contributed by atoms with E-state index in [4.69, 9.17) is 4.74 Å². The molecule has 0 aliphatic rings. The van der Waals surface area contributed by atoms with Crippen LogP contribution in [-0.4, -0.2) is 30.6 Å². The van der Waals surface area contributed by atoms with Gasteiger partial charge >= 0.3 is 0 Å². The predicted molar refractivity (Wildman–Crippen MR) is 101 cm³/mol. The van der Waals surface area contributed by atoms with E-state index < -0.39 is 0 Å². The molecule has 2 N–H and O–H groups in total. The number of ether oxygens (including phenoxy) is 1. The second kappa shape index (κ2) is 8.31. The van der Waals surface area contributed by atoms with Crippen LogP contribution in [0, 0.1) is 11.6 Å². The molecule has 3 aromatic rings. The van der Waals surface area contributed by atoms with Crippen molar-refractivity contribution in [1.29, 1.82) is 0 Å². The predicted octanol–water partition coefficient (Wildman–Crippen LogP) is 4.20. The number of aromatic amines is 1. The molecule has 0 aliphatic carbocycles. The summed E-state index contributed by atoms with van der Waals surface area (Å²) in [5, 5.41) is 3.60. The number of methoxy groups -OCH3 is 1. The fourth-order valence-corrected chi connectivity index (χ4v) is 3.22. The van der Waals surface area contributed by atoms with Crippen molar-refractivity contribution in [3.63, 3.8) is 0 Å². The number of H-pyrrole nitrogens is 1. The van der Waals surface area contributed by atoms with Gasteiger partial charge in [-0.2, -0.15) is 0 Å². The van der Waals surface area contributed by atoms with Gasteiger partial charge in [-0.3, -0.25) is 4.79 Å². The summed E-state index contributed by atoms with van der Waals surface area (Å²) in [5.74, 6) is -0.768. The van der Waals surface area contributed by atoms with Crippen LogP contribution in [0.25, 0.3) is 22.2 Å². The first-order valence-corrected chi connectivity index (χ1v) is 8.82. The van der Waals surface area contributed by atoms with Gasteiger partial charge in [0.25, 0.3) is 0 Å². The van der Waals surface area contributed by atoms with Crippen molar-refractivity contribution in [3.05, 3.63) is 59.7 Å². The minimum Gasteiger partial charge on any atom is -0.383 e. The van der Waals surface area contributed by atoms with Gasteiger partial charge in [-0.05, 0) is 66.9 Å². The molecule has 1 aromatic heterocycles. The van der Waals surface area contributed by atoms with Crippen molar-refractivity contribution >= 4 is 16.8 Å². The molecule has 27 heavy (non-hydrogen) atoms. The standard InChI is InChI=1S/C21H22F2N2O2/c1-13(12-27-2)24-20(26)10-8-17-18-11-16(23)7-9-19(18)25-21(17)14-3-5-15(22)6-4-14/h3-7,9,11,13,25H,8,10,12H2,1-2H3,(H,24,26). The third-order valence-corrected chi connectivity index (χ3v) is 4.43. The molecule has 1 atom stereocenters. The Balaban J connectivity index is 1.90. The van der Waals surface area contributed by atoms with E-state index in [9.17, 15) is 13.6 Å². The van der Waals surface area contributed by atoms with Crippen LogP contribution in [0.2, 0.25) is 0 Å². The number of halogens is 2. The number of aromatic nitrogens is 1. The SMILES string of the molecule is COCC(C)NC(=O)CCc1c(-c2ccc(F)cc2)[nH]c2ccc(F)cc12. The average molecular weight is 372 g/mol. The summed E-state index contributed by atoms with van der Waals surface area (Å²) >= 11 is 0. The fourth-order valence-electron chi connectivity index (χ4n) is 3.22. The van der Waals surface area contributed by atoms with Gasteiger partial charge in [0.1, 0.15) is 11.6 Å². The lowest BCUT2D eigenvalue weighted by atomic mass is 10.0. The normalized spacial score (nSPS) is 12.3. The third-order valence-electron chi connectivity index (χ3n) is 4.43. The van der Waals surface area contributed by atoms with Crippen LogP contribution in [0.4, 0.5) is 8.78 Å². The van der Waals surface area contributed by atoms with E-state index in [0.29, 0.717) is 13.0 Å². The van der Waals surface area contributed by atoms with Crippen molar-refractivity contribution in [3.8, 4) is 11.3 Å². The van der Waals surface area contributed by atoms with Gasteiger partial charge in [-0.25, -0.2) is 8.78 Å². The van der Waals surface area contributed by atoms with Crippen LogP contribution in [0.3, 0.4) is 0 Å². The molecule has 1 unspecified atom stereocenters. The molecule has 4 nitrogen and oxygen atoms in total. The highest BCUT2D eigenvalue weighted by atomic mass is 19.1. The van der Waals surface area contributed by atoms with E-state index in [1.807, 2.05) is 6.92 Å². The first kappa shape index (κ1) is 19.0. The first-order chi connectivity index (χ1) is 13.0. The van der Waals surface area contributed by atoms with Gasteiger partial charge in [0.05, 0.1) is 6.61 Å². The Morgan fingerprint density at radius 2 is 1.85 bits per heavy atom. The number of aryl methyl sites for hydroxylation is 1. The molecular formula is C21H22F2N2O2. The van der Waals surface area contributed by atoms with Crippen LogP contribution in [0.5, 0.6) is 0 Å². The quantitative estimate of drug-likeness (QED) is 0.653. The molecular weight excluding hydrogens is 350 g/mol. The average Bonchev–Trinajstić information content (AvgIpc) is 2.98. The number of amides is 1. The molecule has 1 heterocycles. The zero-order chi connectivity index (χ0) is 19.4. The fraction of sp³-hybridized carbons (Fsp3) is 0.286. The van der Waals surface area contributed by atoms with Crippen LogP contribution < -0.4 is 5.32 Å². The second-order valence-electron chi connectivity index (χ2n) is 6.60. The Labute approximate surface area is 156 Å². The second-order valence-corrected chi connectivity index (χ2v) is 6.60. The lowest BCUT2D eigenvalue weighted by Gasteiger charge is -2.13. The lowest BCUT2D eigenvalue weighted by Crippen LogP contribution is -2.35. The molecule has 0 saturated carbocycles. The van der Waals surface area contributed by atoms with Crippen LogP contribution in [0.1, 0.15) is 18.9 Å². The Hall–Kier alpha value is -2.73. The number of rotatable bonds is 7. The number of carbonyl (C=O) groups excluding carboxylic acids is 1. The van der Waals surface area contributed by atoms with Crippen molar-refractivity contribution < 1.29 is 18.3 Å². The van der Waals surface area contributed by atoms with E-state index >= 15 is 0 Å². The van der Waals surface area contributed by atoms with Crippen molar-refractivity contribution in [1.82, 2.24) is 10.3 Å². The number of hydrogen-bond donors (Lipinski definition) is 2. The topological polar surface area (TPSA) is 54.1 Å². The van der Waals surface area contributed by atoms with Crippen LogP contribution >= 0.6 is 0 Å². The molecule has 0 radical (unpaired) electrons. The maximum atomic E-state index is 13.8. The zero-order valence-electron chi connectivity index (χ0n) is 15.3. The molecule has 0 aliphatic heterocycles. The molecule has 2 aromatic carbocycles. The van der Waals surface area contributed by atoms with Gasteiger partial charge in [-0.1, -0.05) is 0 Å². The van der Waals surface area contributed by atoms with Gasteiger partial charge < -0.3 is 15.0 Å². The summed E-state index contributed by atoms with van der Waals surface area (Å²) in [5.41, 5.74) is 3.18. The minimum absolute atomic E-state index is 0.0838. The zero-order valence-corrected chi connectivity index (χ0v) is 15.3. The van der Waals surface area contributed by atoms with Crippen molar-refractivity contribution in [2.24, 2.45) is 0 Å². The molecule has 0 bridgehead atoms. The Morgan fingerprint density at radius 3 is 2.56 bits per heavy atom. The highest BCUT2D eigenvalue weighted by molar-refractivity contribution is 5.91. The molecule has 3 rings (SSSR count). The largest absolute Gasteiger partial charge is 0.383 e.